The molecule has 118 valence electrons. The van der Waals surface area contributed by atoms with Crippen molar-refractivity contribution in [2.45, 2.75) is 32.1 Å². The van der Waals surface area contributed by atoms with Crippen LogP contribution in [0, 0.1) is 11.3 Å². The van der Waals surface area contributed by atoms with E-state index >= 15 is 0 Å². The Morgan fingerprint density at radius 2 is 1.75 bits per heavy atom. The number of ether oxygens (including phenoxy) is 2. The number of carbonyl (C=O) groups is 1. The standard InChI is InChI=1S/C14H26N2O3.ClH/c15-11-14(4-9-19-10-5-14)13(17)16-6-1-12-2-7-18-8-3-12;/h12H,1-11,15H2,(H,16,17);1H. The molecular formula is C14H27ClN2O3. The van der Waals surface area contributed by atoms with Crippen LogP contribution in [-0.2, 0) is 14.3 Å². The van der Waals surface area contributed by atoms with Crippen LogP contribution >= 0.6 is 12.4 Å². The van der Waals surface area contributed by atoms with Gasteiger partial charge in [-0.2, -0.15) is 0 Å². The molecule has 1 amide bonds. The van der Waals surface area contributed by atoms with Gasteiger partial charge in [-0.1, -0.05) is 0 Å². The molecule has 0 aromatic carbocycles. The van der Waals surface area contributed by atoms with Gasteiger partial charge >= 0.3 is 0 Å². The second-order valence-electron chi connectivity index (χ2n) is 5.70. The smallest absolute Gasteiger partial charge is 0.227 e. The summed E-state index contributed by atoms with van der Waals surface area (Å²) in [5.41, 5.74) is 5.43. The first-order valence-corrected chi connectivity index (χ1v) is 7.41. The summed E-state index contributed by atoms with van der Waals surface area (Å²) in [6.07, 6.45) is 4.77. The molecule has 0 aromatic heterocycles. The predicted octanol–water partition coefficient (Wildman–Crippen LogP) is 1.10. The summed E-state index contributed by atoms with van der Waals surface area (Å²) in [4.78, 5) is 12.3. The Morgan fingerprint density at radius 1 is 1.15 bits per heavy atom. The molecule has 2 saturated heterocycles. The molecule has 0 spiro atoms. The Labute approximate surface area is 127 Å². The fourth-order valence-electron chi connectivity index (χ4n) is 2.90. The summed E-state index contributed by atoms with van der Waals surface area (Å²) >= 11 is 0. The van der Waals surface area contributed by atoms with Gasteiger partial charge in [0.15, 0.2) is 0 Å². The monoisotopic (exact) mass is 306 g/mol. The molecule has 0 radical (unpaired) electrons. The molecule has 6 heteroatoms. The Hall–Kier alpha value is -0.360. The van der Waals surface area contributed by atoms with Gasteiger partial charge in [0.05, 0.1) is 5.41 Å². The van der Waals surface area contributed by atoms with Crippen molar-refractivity contribution in [1.82, 2.24) is 5.32 Å². The highest BCUT2D eigenvalue weighted by molar-refractivity contribution is 5.85. The zero-order valence-corrected chi connectivity index (χ0v) is 12.9. The average molecular weight is 307 g/mol. The lowest BCUT2D eigenvalue weighted by atomic mass is 9.79. The second-order valence-corrected chi connectivity index (χ2v) is 5.70. The van der Waals surface area contributed by atoms with E-state index < -0.39 is 5.41 Å². The number of hydrogen-bond donors (Lipinski definition) is 2. The molecule has 2 aliphatic rings. The number of nitrogens with two attached hydrogens (primary N) is 1. The first-order valence-electron chi connectivity index (χ1n) is 7.41. The molecule has 5 nitrogen and oxygen atoms in total. The summed E-state index contributed by atoms with van der Waals surface area (Å²) in [7, 11) is 0. The number of nitrogens with one attached hydrogen (secondary N) is 1. The highest BCUT2D eigenvalue weighted by atomic mass is 35.5. The second kappa shape index (κ2) is 8.82. The maximum absolute atomic E-state index is 12.3. The molecule has 0 atom stereocenters. The van der Waals surface area contributed by atoms with Crippen molar-refractivity contribution in [1.29, 1.82) is 0 Å². The van der Waals surface area contributed by atoms with E-state index in [1.807, 2.05) is 0 Å². The van der Waals surface area contributed by atoms with Gasteiger partial charge in [-0.15, -0.1) is 12.4 Å². The number of carbonyl (C=O) groups excluding carboxylic acids is 1. The summed E-state index contributed by atoms with van der Waals surface area (Å²) in [6, 6.07) is 0. The van der Waals surface area contributed by atoms with Crippen LogP contribution in [0.1, 0.15) is 32.1 Å². The van der Waals surface area contributed by atoms with Crippen molar-refractivity contribution >= 4 is 18.3 Å². The highest BCUT2D eigenvalue weighted by Crippen LogP contribution is 2.29. The summed E-state index contributed by atoms with van der Waals surface area (Å²) in [6.45, 7) is 4.19. The Morgan fingerprint density at radius 3 is 2.35 bits per heavy atom. The molecule has 2 rings (SSSR count). The van der Waals surface area contributed by atoms with Gasteiger partial charge in [0.25, 0.3) is 0 Å². The van der Waals surface area contributed by atoms with Crippen LogP contribution in [0.25, 0.3) is 0 Å². The lowest BCUT2D eigenvalue weighted by Crippen LogP contribution is -2.49. The van der Waals surface area contributed by atoms with E-state index in [1.165, 1.54) is 0 Å². The molecular weight excluding hydrogens is 280 g/mol. The fraction of sp³-hybridized carbons (Fsp3) is 0.929. The van der Waals surface area contributed by atoms with Crippen LogP contribution in [0.15, 0.2) is 0 Å². The maximum Gasteiger partial charge on any atom is 0.227 e. The van der Waals surface area contributed by atoms with Gasteiger partial charge in [0.2, 0.25) is 5.91 Å². The molecule has 0 unspecified atom stereocenters. The number of rotatable bonds is 5. The van der Waals surface area contributed by atoms with E-state index in [9.17, 15) is 4.79 Å². The van der Waals surface area contributed by atoms with Gasteiger partial charge < -0.3 is 20.5 Å². The summed E-state index contributed by atoms with van der Waals surface area (Å²) in [5.74, 6) is 0.808. The Kier molecular flexibility index (Phi) is 7.80. The van der Waals surface area contributed by atoms with Gasteiger partial charge in [0, 0.05) is 39.5 Å². The van der Waals surface area contributed by atoms with Crippen molar-refractivity contribution < 1.29 is 14.3 Å². The van der Waals surface area contributed by atoms with E-state index in [-0.39, 0.29) is 18.3 Å². The van der Waals surface area contributed by atoms with E-state index in [1.54, 1.807) is 0 Å². The molecule has 0 aliphatic carbocycles. The minimum Gasteiger partial charge on any atom is -0.381 e. The summed E-state index contributed by atoms with van der Waals surface area (Å²) < 4.78 is 10.7. The van der Waals surface area contributed by atoms with Crippen LogP contribution in [0.5, 0.6) is 0 Å². The first kappa shape index (κ1) is 17.7. The maximum atomic E-state index is 12.3. The molecule has 0 aromatic rings. The SMILES string of the molecule is Cl.NCC1(C(=O)NCCC2CCOCC2)CCOCC1. The largest absolute Gasteiger partial charge is 0.381 e. The molecule has 0 saturated carbocycles. The van der Waals surface area contributed by atoms with Gasteiger partial charge in [-0.3, -0.25) is 4.79 Å². The highest BCUT2D eigenvalue weighted by Gasteiger charge is 2.38. The molecule has 0 bridgehead atoms. The zero-order chi connectivity index (χ0) is 13.6. The number of amides is 1. The lowest BCUT2D eigenvalue weighted by Gasteiger charge is -2.34. The zero-order valence-electron chi connectivity index (χ0n) is 12.1. The van der Waals surface area contributed by atoms with Crippen molar-refractivity contribution in [3.63, 3.8) is 0 Å². The van der Waals surface area contributed by atoms with Crippen LogP contribution in [0.3, 0.4) is 0 Å². The van der Waals surface area contributed by atoms with E-state index in [0.717, 1.165) is 51.9 Å². The summed E-state index contributed by atoms with van der Waals surface area (Å²) in [5, 5.41) is 3.08. The van der Waals surface area contributed by atoms with Gasteiger partial charge in [-0.25, -0.2) is 0 Å². The molecule has 2 fully saturated rings. The topological polar surface area (TPSA) is 73.6 Å². The van der Waals surface area contributed by atoms with Crippen LogP contribution in [-0.4, -0.2) is 45.4 Å². The normalized spacial score (nSPS) is 22.9. The van der Waals surface area contributed by atoms with Crippen LogP contribution in [0.2, 0.25) is 0 Å². The molecule has 3 N–H and O–H groups in total. The van der Waals surface area contributed by atoms with Crippen molar-refractivity contribution in [3.05, 3.63) is 0 Å². The molecule has 20 heavy (non-hydrogen) atoms. The van der Waals surface area contributed by atoms with Crippen LogP contribution in [0.4, 0.5) is 0 Å². The minimum absolute atomic E-state index is 0. The van der Waals surface area contributed by atoms with Gasteiger partial charge in [0.1, 0.15) is 0 Å². The predicted molar refractivity (Wildman–Crippen MR) is 80.0 cm³/mol. The van der Waals surface area contributed by atoms with Gasteiger partial charge in [-0.05, 0) is 38.0 Å². The third kappa shape index (κ3) is 4.58. The lowest BCUT2D eigenvalue weighted by molar-refractivity contribution is -0.135. The fourth-order valence-corrected chi connectivity index (χ4v) is 2.90. The Bertz CT molecular complexity index is 290. The van der Waals surface area contributed by atoms with Crippen molar-refractivity contribution in [2.75, 3.05) is 39.5 Å². The van der Waals surface area contributed by atoms with E-state index in [0.29, 0.717) is 25.7 Å². The number of halogens is 1. The quantitative estimate of drug-likeness (QED) is 0.797. The van der Waals surface area contributed by atoms with E-state index in [4.69, 9.17) is 15.2 Å². The first-order chi connectivity index (χ1) is 9.27. The minimum atomic E-state index is -0.395. The third-order valence-corrected chi connectivity index (χ3v) is 4.50. The van der Waals surface area contributed by atoms with Crippen LogP contribution < -0.4 is 11.1 Å². The number of hydrogen-bond acceptors (Lipinski definition) is 4. The van der Waals surface area contributed by atoms with E-state index in [2.05, 4.69) is 5.32 Å². The Balaban J connectivity index is 0.00000200. The molecule has 2 aliphatic heterocycles. The molecule has 2 heterocycles. The average Bonchev–Trinajstić information content (AvgIpc) is 2.49. The third-order valence-electron chi connectivity index (χ3n) is 4.50. The van der Waals surface area contributed by atoms with Crippen molar-refractivity contribution in [2.24, 2.45) is 17.1 Å². The van der Waals surface area contributed by atoms with Crippen molar-refractivity contribution in [3.8, 4) is 0 Å².